The van der Waals surface area contributed by atoms with Crippen molar-refractivity contribution in [3.05, 3.63) is 102 Å². The molecule has 3 heterocycles. The molecule has 1 saturated heterocycles. The number of nitrogens with zero attached hydrogens (tertiary/aromatic N) is 3. The summed E-state index contributed by atoms with van der Waals surface area (Å²) in [4.78, 5) is 131. The number of rotatable bonds is 17. The maximum Gasteiger partial charge on any atom is 0.243 e. The topological polar surface area (TPSA) is 406 Å². The summed E-state index contributed by atoms with van der Waals surface area (Å²) in [6.45, 7) is 1.64. The van der Waals surface area contributed by atoms with Gasteiger partial charge in [-0.05, 0) is 66.5 Å². The van der Waals surface area contributed by atoms with Crippen LogP contribution in [0.3, 0.4) is 0 Å². The Hall–Kier alpha value is -9.03. The van der Waals surface area contributed by atoms with Crippen LogP contribution in [0.2, 0.25) is 0 Å². The number of fused-ring (bicyclic) bond motifs is 2. The first-order chi connectivity index (χ1) is 37.0. The van der Waals surface area contributed by atoms with E-state index < -0.39 is 83.5 Å². The lowest BCUT2D eigenvalue weighted by atomic mass is 9.99. The summed E-state index contributed by atoms with van der Waals surface area (Å²) in [5.74, 6) is -5.85. The summed E-state index contributed by atoms with van der Waals surface area (Å²) >= 11 is 0. The number of imidazole rings is 1. The number of amides is 8. The molecular formula is C52H69N17O8. The second-order valence-electron chi connectivity index (χ2n) is 18.7. The number of aliphatic imine (C=N–C) groups is 2. The van der Waals surface area contributed by atoms with Gasteiger partial charge in [0.1, 0.15) is 36.3 Å². The van der Waals surface area contributed by atoms with Gasteiger partial charge in [-0.3, -0.25) is 48.3 Å². The first kappa shape index (κ1) is 57.3. The molecule has 2 aromatic heterocycles. The molecule has 0 radical (unpaired) electrons. The minimum absolute atomic E-state index is 0.00318. The van der Waals surface area contributed by atoms with Crippen molar-refractivity contribution in [2.75, 3.05) is 26.2 Å². The lowest BCUT2D eigenvalue weighted by Crippen LogP contribution is -2.60. The fraction of sp³-hybridized carbons (Fsp3) is 0.404. The number of nitrogens with two attached hydrogens (primary N) is 4. The van der Waals surface area contributed by atoms with Gasteiger partial charge in [-0.2, -0.15) is 0 Å². The molecule has 6 atom stereocenters. The Balaban J connectivity index is 1.37. The third kappa shape index (κ3) is 18.1. The van der Waals surface area contributed by atoms with E-state index in [9.17, 15) is 38.4 Å². The predicted octanol–water partition coefficient (Wildman–Crippen LogP) is -1.48. The van der Waals surface area contributed by atoms with E-state index in [-0.39, 0.29) is 102 Å². The van der Waals surface area contributed by atoms with E-state index in [4.69, 9.17) is 22.9 Å². The lowest BCUT2D eigenvalue weighted by molar-refractivity contribution is -0.135. The first-order valence-corrected chi connectivity index (χ1v) is 25.5. The summed E-state index contributed by atoms with van der Waals surface area (Å²) in [6.07, 6.45) is 4.63. The van der Waals surface area contributed by atoms with Gasteiger partial charge < -0.3 is 75.4 Å². The number of guanidine groups is 2. The van der Waals surface area contributed by atoms with Gasteiger partial charge in [0, 0.05) is 87.8 Å². The molecule has 25 heteroatoms. The van der Waals surface area contributed by atoms with Gasteiger partial charge >= 0.3 is 0 Å². The highest BCUT2D eigenvalue weighted by Crippen LogP contribution is 2.21. The molecule has 410 valence electrons. The zero-order valence-electron chi connectivity index (χ0n) is 42.9. The number of nitrogens with one attached hydrogen (secondary N) is 10. The van der Waals surface area contributed by atoms with E-state index in [1.807, 2.05) is 60.7 Å². The van der Waals surface area contributed by atoms with E-state index in [2.05, 4.69) is 67.5 Å². The van der Waals surface area contributed by atoms with Gasteiger partial charge in [0.2, 0.25) is 47.3 Å². The van der Waals surface area contributed by atoms with Crippen molar-refractivity contribution in [2.45, 2.75) is 107 Å². The molecule has 0 aliphatic carbocycles. The van der Waals surface area contributed by atoms with E-state index in [0.29, 0.717) is 11.3 Å². The van der Waals surface area contributed by atoms with Gasteiger partial charge in [-0.25, -0.2) is 4.98 Å². The van der Waals surface area contributed by atoms with Crippen molar-refractivity contribution in [2.24, 2.45) is 32.9 Å². The monoisotopic (exact) mass is 1060 g/mol. The number of hydrogen-bond acceptors (Lipinski definition) is 11. The van der Waals surface area contributed by atoms with Crippen molar-refractivity contribution in [3.63, 3.8) is 0 Å². The molecule has 0 saturated carbocycles. The average molecular weight is 1060 g/mol. The Morgan fingerprint density at radius 2 is 1.34 bits per heavy atom. The van der Waals surface area contributed by atoms with Crippen LogP contribution in [0, 0.1) is 0 Å². The van der Waals surface area contributed by atoms with Crippen LogP contribution in [0.25, 0.3) is 21.7 Å². The van der Waals surface area contributed by atoms with Crippen LogP contribution < -0.4 is 65.5 Å². The molecule has 0 unspecified atom stereocenters. The quantitative estimate of drug-likeness (QED) is 0.0288. The second-order valence-corrected chi connectivity index (χ2v) is 18.7. The fourth-order valence-electron chi connectivity index (χ4n) is 8.80. The minimum Gasteiger partial charge on any atom is -0.370 e. The van der Waals surface area contributed by atoms with E-state index >= 15 is 0 Å². The number of aromatic nitrogens is 3. The van der Waals surface area contributed by atoms with Crippen LogP contribution in [-0.2, 0) is 57.6 Å². The third-order valence-electron chi connectivity index (χ3n) is 12.7. The van der Waals surface area contributed by atoms with Crippen LogP contribution in [0.4, 0.5) is 0 Å². The van der Waals surface area contributed by atoms with Crippen LogP contribution in [0.1, 0.15) is 68.7 Å². The van der Waals surface area contributed by atoms with Crippen molar-refractivity contribution in [3.8, 4) is 0 Å². The standard InChI is InChI=1S/C52H69N17O8/c1-30(70)64-38(13-6-19-60-51(53)54)46(73)66-40-17-18-44(71)58-21-8-22-59-45(72)42(25-34-27-62-37-12-5-4-11-36(34)37)68-47(74)39(14-7-20-61-52(55)56)65-49(76)41(24-31-15-16-32-9-2-3-10-33(32)23-31)67-50(77)43(69-48(40)75)26-35-28-57-29-63-35/h2-5,9-12,15-16,23,27-29,38-43,62H,6-8,13-14,17-22,24-26H2,1H3,(H,57,63)(H,58,71)(H,59,72)(H,64,70)(H,65,76)(H,66,73)(H,67,77)(H,68,74)(H,69,75)(H4,53,54,60)(H4,55,56,61)/t38-,39-,40-,41+,42-,43-/m0/s1. The first-order valence-electron chi connectivity index (χ1n) is 25.5. The molecule has 0 spiro atoms. The van der Waals surface area contributed by atoms with Crippen molar-refractivity contribution in [1.29, 1.82) is 0 Å². The van der Waals surface area contributed by atoms with Gasteiger partial charge in [0.05, 0.1) is 6.33 Å². The highest BCUT2D eigenvalue weighted by atomic mass is 16.2. The number of carbonyl (C=O) groups is 8. The Labute approximate surface area is 444 Å². The number of benzene rings is 3. The van der Waals surface area contributed by atoms with Gasteiger partial charge in [-0.1, -0.05) is 60.7 Å². The largest absolute Gasteiger partial charge is 0.370 e. The van der Waals surface area contributed by atoms with Crippen LogP contribution in [0.5, 0.6) is 0 Å². The zero-order chi connectivity index (χ0) is 55.3. The van der Waals surface area contributed by atoms with Crippen LogP contribution in [-0.4, -0.2) is 137 Å². The Morgan fingerprint density at radius 3 is 2.05 bits per heavy atom. The minimum atomic E-state index is -1.44. The Morgan fingerprint density at radius 1 is 0.701 bits per heavy atom. The highest BCUT2D eigenvalue weighted by molar-refractivity contribution is 5.98. The summed E-state index contributed by atoms with van der Waals surface area (Å²) in [7, 11) is 0. The number of H-pyrrole nitrogens is 2. The van der Waals surface area contributed by atoms with Crippen molar-refractivity contribution in [1.82, 2.24) is 57.5 Å². The maximum atomic E-state index is 14.9. The Bertz CT molecular complexity index is 2910. The van der Waals surface area contributed by atoms with Crippen molar-refractivity contribution < 1.29 is 38.4 Å². The highest BCUT2D eigenvalue weighted by Gasteiger charge is 2.34. The molecule has 5 aromatic rings. The van der Waals surface area contributed by atoms with E-state index in [0.717, 1.165) is 27.2 Å². The number of hydrogen-bond donors (Lipinski definition) is 14. The molecule has 18 N–H and O–H groups in total. The smallest absolute Gasteiger partial charge is 0.243 e. The van der Waals surface area contributed by atoms with E-state index in [1.165, 1.54) is 19.4 Å². The molecule has 6 rings (SSSR count). The summed E-state index contributed by atoms with van der Waals surface area (Å²) in [6, 6.07) is 12.7. The summed E-state index contributed by atoms with van der Waals surface area (Å²) < 4.78 is 0. The third-order valence-corrected chi connectivity index (χ3v) is 12.7. The number of aromatic amines is 2. The molecule has 1 fully saturated rings. The van der Waals surface area contributed by atoms with Crippen LogP contribution >= 0.6 is 0 Å². The molecule has 77 heavy (non-hydrogen) atoms. The molecule has 1 aliphatic rings. The number of para-hydroxylation sites is 1. The molecule has 25 nitrogen and oxygen atoms in total. The summed E-state index contributed by atoms with van der Waals surface area (Å²) in [5, 5.41) is 24.7. The SMILES string of the molecule is CC(=O)N[C@@H](CCCN=C(N)N)C(=O)N[C@H]1CCC(=O)NCCCNC(=O)[C@H](Cc2c[nH]c3ccccc23)NC(=O)[C@H](CCCN=C(N)N)NC(=O)[C@@H](Cc2ccc3ccccc3c2)NC(=O)[C@H](Cc2cnc[nH]2)NC1=O. The molecule has 1 aliphatic heterocycles. The molecule has 8 amide bonds. The molecular weight excluding hydrogens is 991 g/mol. The second kappa shape index (κ2) is 28.6. The average Bonchev–Trinajstić information content (AvgIpc) is 4.08. The van der Waals surface area contributed by atoms with Crippen LogP contribution in [0.15, 0.2) is 95.4 Å². The summed E-state index contributed by atoms with van der Waals surface area (Å²) in [5.41, 5.74) is 24.8. The number of carbonyl (C=O) groups excluding carboxylic acids is 8. The Kier molecular flexibility index (Phi) is 21.3. The zero-order valence-corrected chi connectivity index (χ0v) is 42.9. The van der Waals surface area contributed by atoms with Gasteiger partial charge in [-0.15, -0.1) is 0 Å². The van der Waals surface area contributed by atoms with Gasteiger partial charge in [0.15, 0.2) is 11.9 Å². The molecule has 3 aromatic carbocycles. The normalized spacial score (nSPS) is 19.8. The molecule has 0 bridgehead atoms. The van der Waals surface area contributed by atoms with Gasteiger partial charge in [0.25, 0.3) is 0 Å². The van der Waals surface area contributed by atoms with Crippen molar-refractivity contribution >= 4 is 80.9 Å². The maximum absolute atomic E-state index is 14.9. The fourth-order valence-corrected chi connectivity index (χ4v) is 8.80. The lowest BCUT2D eigenvalue weighted by Gasteiger charge is -2.28. The predicted molar refractivity (Wildman–Crippen MR) is 289 cm³/mol. The van der Waals surface area contributed by atoms with E-state index in [1.54, 1.807) is 12.3 Å².